The van der Waals surface area contributed by atoms with Crippen molar-refractivity contribution >= 4 is 41.1 Å². The Morgan fingerprint density at radius 1 is 1.06 bits per heavy atom. The minimum absolute atomic E-state index is 0.133. The molecule has 0 heterocycles. The van der Waals surface area contributed by atoms with E-state index in [0.29, 0.717) is 10.6 Å². The Bertz CT molecular complexity index is 1070. The number of esters is 2. The monoisotopic (exact) mass is 504 g/mol. The van der Waals surface area contributed by atoms with Crippen LogP contribution in [0.2, 0.25) is 5.02 Å². The minimum atomic E-state index is -1.37. The largest absolute Gasteiger partial charge is 0.460 e. The summed E-state index contributed by atoms with van der Waals surface area (Å²) < 4.78 is 15.7. The lowest BCUT2D eigenvalue weighted by Gasteiger charge is -2.23. The predicted octanol–water partition coefficient (Wildman–Crippen LogP) is 4.18. The average molecular weight is 505 g/mol. The molecule has 2 aromatic carbocycles. The Balaban J connectivity index is 2.06. The van der Waals surface area contributed by atoms with E-state index in [0.717, 1.165) is 0 Å². The summed E-state index contributed by atoms with van der Waals surface area (Å²) in [5.74, 6) is -1.99. The number of ketones is 1. The third kappa shape index (κ3) is 9.29. The second kappa shape index (κ2) is 12.2. The summed E-state index contributed by atoms with van der Waals surface area (Å²) in [6, 6.07) is 11.3. The normalized spacial score (nSPS) is 12.7. The number of alkyl carbamates (subject to hydrolysis) is 1. The van der Waals surface area contributed by atoms with Crippen LogP contribution >= 0.6 is 11.6 Å². The van der Waals surface area contributed by atoms with Crippen LogP contribution in [0.25, 0.3) is 0 Å². The number of hydrogen-bond acceptors (Lipinski definition) is 8. The number of anilines is 1. The number of carbonyl (C=O) groups excluding carboxylic acids is 4. The fourth-order valence-corrected chi connectivity index (χ4v) is 3.07. The highest BCUT2D eigenvalue weighted by molar-refractivity contribution is 6.31. The van der Waals surface area contributed by atoms with Crippen molar-refractivity contribution in [2.45, 2.75) is 51.9 Å². The smallest absolute Gasteiger partial charge is 0.408 e. The number of nitrogens with one attached hydrogen (secondary N) is 1. The Morgan fingerprint density at radius 2 is 1.71 bits per heavy atom. The van der Waals surface area contributed by atoms with Gasteiger partial charge in [-0.15, -0.1) is 0 Å². The van der Waals surface area contributed by atoms with E-state index in [4.69, 9.17) is 31.5 Å². The molecule has 10 heteroatoms. The molecule has 0 aromatic heterocycles. The molecule has 0 aliphatic rings. The van der Waals surface area contributed by atoms with E-state index < -0.39 is 48.0 Å². The molecule has 0 aliphatic carbocycles. The number of ether oxygens (including phenoxy) is 3. The van der Waals surface area contributed by atoms with Crippen LogP contribution in [0.5, 0.6) is 0 Å². The molecule has 2 atom stereocenters. The molecule has 3 N–H and O–H groups in total. The number of rotatable bonds is 9. The standard InChI is InChI=1S/C25H29ClN2O7/c1-15(34-22(30)16-8-6-5-7-9-16)14-33-23(31)20(28-24(32)35-25(2,3)4)13-21(29)18-11-10-17(26)12-19(18)27/h5-12,15,20H,13-14,27H2,1-4H3,(H,28,32)/t15-,20?/m1/s1. The SMILES string of the molecule is C[C@H](COC(=O)C(CC(=O)c1ccc(Cl)cc1N)NC(=O)OC(C)(C)C)OC(=O)c1ccccc1. The van der Waals surface area contributed by atoms with E-state index in [1.165, 1.54) is 18.2 Å². The third-order valence-corrected chi connectivity index (χ3v) is 4.69. The van der Waals surface area contributed by atoms with Gasteiger partial charge in [-0.3, -0.25) is 4.79 Å². The van der Waals surface area contributed by atoms with E-state index in [9.17, 15) is 19.2 Å². The van der Waals surface area contributed by atoms with E-state index in [-0.39, 0.29) is 17.9 Å². The summed E-state index contributed by atoms with van der Waals surface area (Å²) in [4.78, 5) is 50.0. The summed E-state index contributed by atoms with van der Waals surface area (Å²) in [5.41, 5.74) is 5.66. The number of nitrogens with two attached hydrogens (primary N) is 1. The molecular formula is C25H29ClN2O7. The molecule has 2 rings (SSSR count). The predicted molar refractivity (Wildman–Crippen MR) is 130 cm³/mol. The maximum absolute atomic E-state index is 12.8. The summed E-state index contributed by atoms with van der Waals surface area (Å²) in [6.07, 6.45) is -2.13. The van der Waals surface area contributed by atoms with Gasteiger partial charge in [0.2, 0.25) is 0 Å². The van der Waals surface area contributed by atoms with Crippen LogP contribution in [-0.4, -0.2) is 48.2 Å². The zero-order chi connectivity index (χ0) is 26.2. The maximum Gasteiger partial charge on any atom is 0.408 e. The van der Waals surface area contributed by atoms with Gasteiger partial charge in [-0.05, 0) is 58.0 Å². The van der Waals surface area contributed by atoms with Crippen molar-refractivity contribution in [1.29, 1.82) is 0 Å². The van der Waals surface area contributed by atoms with Crippen LogP contribution < -0.4 is 11.1 Å². The van der Waals surface area contributed by atoms with Gasteiger partial charge >= 0.3 is 18.0 Å². The third-order valence-electron chi connectivity index (χ3n) is 4.46. The Morgan fingerprint density at radius 3 is 2.31 bits per heavy atom. The average Bonchev–Trinajstić information content (AvgIpc) is 2.76. The number of benzene rings is 2. The van der Waals surface area contributed by atoms with Crippen molar-refractivity contribution in [3.05, 3.63) is 64.7 Å². The molecule has 188 valence electrons. The van der Waals surface area contributed by atoms with Crippen molar-refractivity contribution in [1.82, 2.24) is 5.32 Å². The highest BCUT2D eigenvalue weighted by atomic mass is 35.5. The lowest BCUT2D eigenvalue weighted by atomic mass is 10.0. The molecule has 0 spiro atoms. The van der Waals surface area contributed by atoms with Crippen molar-refractivity contribution in [2.24, 2.45) is 0 Å². The van der Waals surface area contributed by atoms with Crippen LogP contribution in [0.1, 0.15) is 54.8 Å². The van der Waals surface area contributed by atoms with Crippen molar-refractivity contribution < 1.29 is 33.4 Å². The van der Waals surface area contributed by atoms with Gasteiger partial charge < -0.3 is 25.3 Å². The van der Waals surface area contributed by atoms with E-state index in [2.05, 4.69) is 5.32 Å². The molecular weight excluding hydrogens is 476 g/mol. The van der Waals surface area contributed by atoms with Crippen LogP contribution in [0.15, 0.2) is 48.5 Å². The van der Waals surface area contributed by atoms with Crippen LogP contribution in [0, 0.1) is 0 Å². The molecule has 0 fully saturated rings. The molecule has 0 bridgehead atoms. The molecule has 0 radical (unpaired) electrons. The highest BCUT2D eigenvalue weighted by Crippen LogP contribution is 2.20. The van der Waals surface area contributed by atoms with Crippen LogP contribution in [0.4, 0.5) is 10.5 Å². The van der Waals surface area contributed by atoms with Gasteiger partial charge in [0.05, 0.1) is 5.56 Å². The minimum Gasteiger partial charge on any atom is -0.460 e. The number of amides is 1. The van der Waals surface area contributed by atoms with Crippen molar-refractivity contribution in [3.8, 4) is 0 Å². The fourth-order valence-electron chi connectivity index (χ4n) is 2.89. The Labute approximate surface area is 208 Å². The van der Waals surface area contributed by atoms with Crippen LogP contribution in [0.3, 0.4) is 0 Å². The first-order valence-corrected chi connectivity index (χ1v) is 11.2. The van der Waals surface area contributed by atoms with E-state index >= 15 is 0 Å². The lowest BCUT2D eigenvalue weighted by molar-refractivity contribution is -0.149. The van der Waals surface area contributed by atoms with E-state index in [1.807, 2.05) is 0 Å². The maximum atomic E-state index is 12.8. The van der Waals surface area contributed by atoms with Gasteiger partial charge in [0, 0.05) is 22.7 Å². The van der Waals surface area contributed by atoms with Crippen molar-refractivity contribution in [3.63, 3.8) is 0 Å². The van der Waals surface area contributed by atoms with Gasteiger partial charge in [-0.25, -0.2) is 14.4 Å². The topological polar surface area (TPSA) is 134 Å². The van der Waals surface area contributed by atoms with Gasteiger partial charge in [0.15, 0.2) is 5.78 Å². The fraction of sp³-hybridized carbons (Fsp3) is 0.360. The van der Waals surface area contributed by atoms with Gasteiger partial charge in [-0.1, -0.05) is 29.8 Å². The summed E-state index contributed by atoms with van der Waals surface area (Å²) in [6.45, 7) is 6.22. The quantitative estimate of drug-likeness (QED) is 0.225. The molecule has 35 heavy (non-hydrogen) atoms. The zero-order valence-electron chi connectivity index (χ0n) is 20.0. The molecule has 0 saturated heterocycles. The Kier molecular flexibility index (Phi) is 9.65. The number of hydrogen-bond donors (Lipinski definition) is 2. The molecule has 9 nitrogen and oxygen atoms in total. The van der Waals surface area contributed by atoms with E-state index in [1.54, 1.807) is 58.0 Å². The molecule has 0 saturated carbocycles. The highest BCUT2D eigenvalue weighted by Gasteiger charge is 2.29. The van der Waals surface area contributed by atoms with Gasteiger partial charge in [0.25, 0.3) is 0 Å². The first kappa shape index (κ1) is 27.7. The summed E-state index contributed by atoms with van der Waals surface area (Å²) >= 11 is 5.88. The summed E-state index contributed by atoms with van der Waals surface area (Å²) in [7, 11) is 0. The zero-order valence-corrected chi connectivity index (χ0v) is 20.8. The Hall–Kier alpha value is -3.59. The second-order valence-corrected chi connectivity index (χ2v) is 9.21. The second-order valence-electron chi connectivity index (χ2n) is 8.77. The number of carbonyl (C=O) groups is 4. The first-order valence-electron chi connectivity index (χ1n) is 10.9. The van der Waals surface area contributed by atoms with Gasteiger partial charge in [0.1, 0.15) is 24.4 Å². The molecule has 2 aromatic rings. The number of nitrogen functional groups attached to an aromatic ring is 1. The lowest BCUT2D eigenvalue weighted by Crippen LogP contribution is -2.46. The molecule has 0 aliphatic heterocycles. The van der Waals surface area contributed by atoms with Crippen molar-refractivity contribution in [2.75, 3.05) is 12.3 Å². The van der Waals surface area contributed by atoms with Gasteiger partial charge in [-0.2, -0.15) is 0 Å². The summed E-state index contributed by atoms with van der Waals surface area (Å²) in [5, 5.41) is 2.71. The van der Waals surface area contributed by atoms with Crippen LogP contribution in [-0.2, 0) is 19.0 Å². The molecule has 1 amide bonds. The number of halogens is 1. The first-order chi connectivity index (χ1) is 16.4. The molecule has 1 unspecified atom stereocenters. The number of Topliss-reactive ketones (excluding diaryl/α,β-unsaturated/α-hetero) is 1.